The molecule has 0 spiro atoms. The maximum atomic E-state index is 11.9. The van der Waals surface area contributed by atoms with E-state index < -0.39 is 0 Å². The lowest BCUT2D eigenvalue weighted by Gasteiger charge is -2.08. The van der Waals surface area contributed by atoms with Crippen LogP contribution >= 0.6 is 11.6 Å². The molecule has 1 aliphatic heterocycles. The summed E-state index contributed by atoms with van der Waals surface area (Å²) >= 11 is 5.80. The Morgan fingerprint density at radius 2 is 1.64 bits per heavy atom. The third kappa shape index (κ3) is 4.87. The van der Waals surface area contributed by atoms with Crippen LogP contribution < -0.4 is 20.1 Å². The highest BCUT2D eigenvalue weighted by molar-refractivity contribution is 6.30. The fourth-order valence-electron chi connectivity index (χ4n) is 2.34. The number of carbonyl (C=O) groups is 2. The molecule has 0 radical (unpaired) electrons. The van der Waals surface area contributed by atoms with E-state index >= 15 is 0 Å². The first kappa shape index (κ1) is 17.1. The SMILES string of the molecule is O=C(CNC(=O)Cc1ccc(Cl)cc1)NCc1ccc2c(c1)OCO2. The van der Waals surface area contributed by atoms with E-state index in [1.165, 1.54) is 0 Å². The first-order valence-electron chi connectivity index (χ1n) is 7.76. The highest BCUT2D eigenvalue weighted by Gasteiger charge is 2.13. The Labute approximate surface area is 150 Å². The normalized spacial score (nSPS) is 11.9. The molecule has 0 saturated carbocycles. The second-order valence-corrected chi connectivity index (χ2v) is 5.98. The molecular formula is C18H17ClN2O4. The number of hydrogen-bond acceptors (Lipinski definition) is 4. The number of amides is 2. The summed E-state index contributed by atoms with van der Waals surface area (Å²) in [6, 6.07) is 12.5. The molecule has 7 heteroatoms. The van der Waals surface area contributed by atoms with E-state index in [9.17, 15) is 9.59 Å². The molecule has 2 aromatic rings. The number of fused-ring (bicyclic) bond motifs is 1. The standard InChI is InChI=1S/C18H17ClN2O4/c19-14-4-1-12(2-5-14)8-17(22)21-10-18(23)20-9-13-3-6-15-16(7-13)25-11-24-15/h1-7H,8-11H2,(H,20,23)(H,21,22). The van der Waals surface area contributed by atoms with Gasteiger partial charge in [-0.2, -0.15) is 0 Å². The van der Waals surface area contributed by atoms with Gasteiger partial charge in [0.1, 0.15) is 0 Å². The zero-order valence-corrected chi connectivity index (χ0v) is 14.1. The van der Waals surface area contributed by atoms with Gasteiger partial charge in [0.25, 0.3) is 0 Å². The maximum absolute atomic E-state index is 11.9. The van der Waals surface area contributed by atoms with Crippen LogP contribution in [0.5, 0.6) is 11.5 Å². The van der Waals surface area contributed by atoms with Crippen molar-refractivity contribution >= 4 is 23.4 Å². The average Bonchev–Trinajstić information content (AvgIpc) is 3.08. The molecule has 0 aliphatic carbocycles. The molecule has 3 rings (SSSR count). The molecule has 1 heterocycles. The van der Waals surface area contributed by atoms with Crippen LogP contribution in [0, 0.1) is 0 Å². The van der Waals surface area contributed by atoms with Crippen molar-refractivity contribution in [2.24, 2.45) is 0 Å². The van der Waals surface area contributed by atoms with Crippen molar-refractivity contribution in [3.05, 3.63) is 58.6 Å². The van der Waals surface area contributed by atoms with Gasteiger partial charge in [0.2, 0.25) is 18.6 Å². The Balaban J connectivity index is 1.40. The summed E-state index contributed by atoms with van der Waals surface area (Å²) in [4.78, 5) is 23.7. The van der Waals surface area contributed by atoms with Gasteiger partial charge in [-0.3, -0.25) is 9.59 Å². The largest absolute Gasteiger partial charge is 0.454 e. The van der Waals surface area contributed by atoms with Crippen molar-refractivity contribution in [1.29, 1.82) is 0 Å². The lowest BCUT2D eigenvalue weighted by molar-refractivity contribution is -0.125. The number of ether oxygens (including phenoxy) is 2. The topological polar surface area (TPSA) is 76.7 Å². The van der Waals surface area contributed by atoms with E-state index in [2.05, 4.69) is 10.6 Å². The molecule has 0 aromatic heterocycles. The summed E-state index contributed by atoms with van der Waals surface area (Å²) in [6.45, 7) is 0.490. The number of benzene rings is 2. The molecular weight excluding hydrogens is 344 g/mol. The van der Waals surface area contributed by atoms with Crippen LogP contribution in [0.25, 0.3) is 0 Å². The molecule has 0 atom stereocenters. The van der Waals surface area contributed by atoms with Crippen LogP contribution in [0.2, 0.25) is 5.02 Å². The van der Waals surface area contributed by atoms with Crippen LogP contribution in [0.15, 0.2) is 42.5 Å². The van der Waals surface area contributed by atoms with E-state index in [-0.39, 0.29) is 31.6 Å². The fourth-order valence-corrected chi connectivity index (χ4v) is 2.47. The zero-order valence-electron chi connectivity index (χ0n) is 13.4. The Kier molecular flexibility index (Phi) is 5.40. The van der Waals surface area contributed by atoms with Crippen molar-refractivity contribution in [2.45, 2.75) is 13.0 Å². The quantitative estimate of drug-likeness (QED) is 0.826. The lowest BCUT2D eigenvalue weighted by atomic mass is 10.1. The van der Waals surface area contributed by atoms with Gasteiger partial charge in [0, 0.05) is 11.6 Å². The maximum Gasteiger partial charge on any atom is 0.239 e. The van der Waals surface area contributed by atoms with E-state index in [1.54, 1.807) is 30.3 Å². The number of nitrogens with one attached hydrogen (secondary N) is 2. The van der Waals surface area contributed by atoms with E-state index in [0.29, 0.717) is 23.1 Å². The number of hydrogen-bond donors (Lipinski definition) is 2. The van der Waals surface area contributed by atoms with Crippen LogP contribution in [0.3, 0.4) is 0 Å². The molecule has 2 aromatic carbocycles. The minimum absolute atomic E-state index is 0.0724. The van der Waals surface area contributed by atoms with Crippen molar-refractivity contribution < 1.29 is 19.1 Å². The molecule has 6 nitrogen and oxygen atoms in total. The second-order valence-electron chi connectivity index (χ2n) is 5.54. The van der Waals surface area contributed by atoms with Crippen molar-refractivity contribution in [3.8, 4) is 11.5 Å². The van der Waals surface area contributed by atoms with Crippen molar-refractivity contribution in [2.75, 3.05) is 13.3 Å². The van der Waals surface area contributed by atoms with Gasteiger partial charge >= 0.3 is 0 Å². The summed E-state index contributed by atoms with van der Waals surface area (Å²) in [5, 5.41) is 5.96. The van der Waals surface area contributed by atoms with Crippen LogP contribution in [0.4, 0.5) is 0 Å². The van der Waals surface area contributed by atoms with Crippen LogP contribution in [0.1, 0.15) is 11.1 Å². The highest BCUT2D eigenvalue weighted by Crippen LogP contribution is 2.32. The van der Waals surface area contributed by atoms with Gasteiger partial charge in [0.05, 0.1) is 13.0 Å². The summed E-state index contributed by atoms with van der Waals surface area (Å²) in [5.41, 5.74) is 1.73. The molecule has 0 bridgehead atoms. The molecule has 0 saturated heterocycles. The van der Waals surface area contributed by atoms with Gasteiger partial charge in [-0.05, 0) is 35.4 Å². The molecule has 2 amide bonds. The first-order chi connectivity index (χ1) is 12.1. The van der Waals surface area contributed by atoms with Crippen LogP contribution in [-0.2, 0) is 22.6 Å². The Hall–Kier alpha value is -2.73. The number of carbonyl (C=O) groups excluding carboxylic acids is 2. The van der Waals surface area contributed by atoms with Crippen molar-refractivity contribution in [3.63, 3.8) is 0 Å². The van der Waals surface area contributed by atoms with Crippen LogP contribution in [-0.4, -0.2) is 25.2 Å². The lowest BCUT2D eigenvalue weighted by Crippen LogP contribution is -2.37. The van der Waals surface area contributed by atoms with Gasteiger partial charge in [-0.15, -0.1) is 0 Å². The average molecular weight is 361 g/mol. The minimum atomic E-state index is -0.262. The summed E-state index contributed by atoms with van der Waals surface area (Å²) in [5.74, 6) is 0.884. The third-order valence-corrected chi connectivity index (χ3v) is 3.90. The molecule has 0 fully saturated rings. The van der Waals surface area contributed by atoms with Gasteiger partial charge in [-0.1, -0.05) is 29.8 Å². The molecule has 2 N–H and O–H groups in total. The first-order valence-corrected chi connectivity index (χ1v) is 8.14. The minimum Gasteiger partial charge on any atom is -0.454 e. The van der Waals surface area contributed by atoms with E-state index in [4.69, 9.17) is 21.1 Å². The molecule has 1 aliphatic rings. The van der Waals surface area contributed by atoms with E-state index in [1.807, 2.05) is 12.1 Å². The Morgan fingerprint density at radius 1 is 0.920 bits per heavy atom. The second kappa shape index (κ2) is 7.90. The summed E-state index contributed by atoms with van der Waals surface area (Å²) in [7, 11) is 0. The third-order valence-electron chi connectivity index (χ3n) is 3.65. The monoisotopic (exact) mass is 360 g/mol. The Morgan fingerprint density at radius 3 is 2.44 bits per heavy atom. The fraction of sp³-hybridized carbons (Fsp3) is 0.222. The number of rotatable bonds is 6. The smallest absolute Gasteiger partial charge is 0.239 e. The molecule has 0 unspecified atom stereocenters. The summed E-state index contributed by atoms with van der Waals surface area (Å²) in [6.07, 6.45) is 0.201. The van der Waals surface area contributed by atoms with E-state index in [0.717, 1.165) is 11.1 Å². The van der Waals surface area contributed by atoms with Gasteiger partial charge in [-0.25, -0.2) is 0 Å². The van der Waals surface area contributed by atoms with Gasteiger partial charge < -0.3 is 20.1 Å². The predicted octanol–water partition coefficient (Wildman–Crippen LogP) is 2.04. The zero-order chi connectivity index (χ0) is 17.6. The number of halogens is 1. The molecule has 130 valence electrons. The Bertz CT molecular complexity index is 777. The van der Waals surface area contributed by atoms with Gasteiger partial charge in [0.15, 0.2) is 11.5 Å². The van der Waals surface area contributed by atoms with Crippen molar-refractivity contribution in [1.82, 2.24) is 10.6 Å². The molecule has 25 heavy (non-hydrogen) atoms. The summed E-state index contributed by atoms with van der Waals surface area (Å²) < 4.78 is 10.5. The predicted molar refractivity (Wildman–Crippen MR) is 92.6 cm³/mol. The highest BCUT2D eigenvalue weighted by atomic mass is 35.5.